The van der Waals surface area contributed by atoms with Crippen LogP contribution in [0.3, 0.4) is 0 Å². The van der Waals surface area contributed by atoms with Crippen LogP contribution in [0.2, 0.25) is 0 Å². The molecular weight excluding hydrogens is 218 g/mol. The molecular formula is C13H23NO3. The summed E-state index contributed by atoms with van der Waals surface area (Å²) in [4.78, 5) is 13.6. The number of carbonyl (C=O) groups excluding carboxylic acids is 1. The Labute approximate surface area is 103 Å². The molecule has 1 atom stereocenters. The quantitative estimate of drug-likeness (QED) is 0.772. The van der Waals surface area contributed by atoms with Crippen molar-refractivity contribution in [3.05, 3.63) is 12.3 Å². The van der Waals surface area contributed by atoms with Crippen LogP contribution < -0.4 is 0 Å². The zero-order chi connectivity index (χ0) is 12.9. The molecule has 1 amide bonds. The summed E-state index contributed by atoms with van der Waals surface area (Å²) in [6.45, 7) is 7.19. The van der Waals surface area contributed by atoms with Crippen LogP contribution in [0.5, 0.6) is 0 Å². The molecule has 1 rings (SSSR count). The number of rotatable bonds is 3. The number of ether oxygens (including phenoxy) is 1. The van der Waals surface area contributed by atoms with Gasteiger partial charge in [0.25, 0.3) is 0 Å². The molecule has 0 unspecified atom stereocenters. The summed E-state index contributed by atoms with van der Waals surface area (Å²) in [5.74, 6) is 0.527. The van der Waals surface area contributed by atoms with Gasteiger partial charge in [-0.2, -0.15) is 0 Å². The maximum atomic E-state index is 11.8. The van der Waals surface area contributed by atoms with E-state index in [4.69, 9.17) is 9.84 Å². The van der Waals surface area contributed by atoms with Gasteiger partial charge in [0.1, 0.15) is 5.60 Å². The second-order valence-electron chi connectivity index (χ2n) is 5.54. The Kier molecular flexibility index (Phi) is 4.85. The molecule has 17 heavy (non-hydrogen) atoms. The number of allylic oxidation sites excluding steroid dienone is 1. The summed E-state index contributed by atoms with van der Waals surface area (Å²) in [6.07, 6.45) is 5.52. The number of aliphatic hydroxyl groups is 1. The summed E-state index contributed by atoms with van der Waals surface area (Å²) in [5, 5.41) is 8.54. The van der Waals surface area contributed by atoms with Crippen molar-refractivity contribution in [2.24, 2.45) is 5.92 Å². The third-order valence-corrected chi connectivity index (χ3v) is 2.78. The maximum absolute atomic E-state index is 11.8. The van der Waals surface area contributed by atoms with E-state index in [-0.39, 0.29) is 6.09 Å². The van der Waals surface area contributed by atoms with Gasteiger partial charge in [0.05, 0.1) is 6.26 Å². The van der Waals surface area contributed by atoms with Gasteiger partial charge in [-0.25, -0.2) is 4.79 Å². The van der Waals surface area contributed by atoms with E-state index in [1.807, 2.05) is 20.8 Å². The van der Waals surface area contributed by atoms with Crippen LogP contribution in [0, 0.1) is 5.92 Å². The number of likely N-dealkylation sites (tertiary alicyclic amines) is 1. The highest BCUT2D eigenvalue weighted by Gasteiger charge is 2.29. The topological polar surface area (TPSA) is 49.8 Å². The van der Waals surface area contributed by atoms with Crippen LogP contribution in [0.4, 0.5) is 4.79 Å². The summed E-state index contributed by atoms with van der Waals surface area (Å²) in [7, 11) is 0. The highest BCUT2D eigenvalue weighted by atomic mass is 16.6. The average Bonchev–Trinajstić information content (AvgIpc) is 2.64. The third kappa shape index (κ3) is 5.11. The minimum atomic E-state index is -0.422. The Morgan fingerprint density at radius 3 is 2.82 bits per heavy atom. The van der Waals surface area contributed by atoms with E-state index < -0.39 is 5.60 Å². The van der Waals surface area contributed by atoms with Crippen LogP contribution in [0.15, 0.2) is 12.3 Å². The summed E-state index contributed by atoms with van der Waals surface area (Å²) < 4.78 is 5.33. The summed E-state index contributed by atoms with van der Waals surface area (Å²) >= 11 is 0. The zero-order valence-electron chi connectivity index (χ0n) is 11.0. The molecule has 0 bridgehead atoms. The first-order valence-corrected chi connectivity index (χ1v) is 6.19. The fraction of sp³-hybridized carbons (Fsp3) is 0.769. The first kappa shape index (κ1) is 13.9. The SMILES string of the molecule is CC(C)(C)OC(=O)N1CC[C@H](CCC=CO)C1. The molecule has 4 nitrogen and oxygen atoms in total. The second-order valence-corrected chi connectivity index (χ2v) is 5.54. The molecule has 0 saturated carbocycles. The van der Waals surface area contributed by atoms with Crippen molar-refractivity contribution >= 4 is 6.09 Å². The van der Waals surface area contributed by atoms with Gasteiger partial charge >= 0.3 is 6.09 Å². The van der Waals surface area contributed by atoms with Crippen LogP contribution in [-0.4, -0.2) is 34.8 Å². The Hall–Kier alpha value is -1.19. The lowest BCUT2D eigenvalue weighted by Gasteiger charge is -2.24. The highest BCUT2D eigenvalue weighted by molar-refractivity contribution is 5.68. The molecule has 0 radical (unpaired) electrons. The molecule has 4 heteroatoms. The molecule has 0 aliphatic carbocycles. The van der Waals surface area contributed by atoms with Crippen molar-refractivity contribution in [1.29, 1.82) is 0 Å². The monoisotopic (exact) mass is 241 g/mol. The lowest BCUT2D eigenvalue weighted by Crippen LogP contribution is -2.35. The molecule has 1 N–H and O–H groups in total. The lowest BCUT2D eigenvalue weighted by molar-refractivity contribution is 0.0287. The van der Waals surface area contributed by atoms with E-state index in [0.717, 1.165) is 38.6 Å². The number of hydrogen-bond acceptors (Lipinski definition) is 3. The Morgan fingerprint density at radius 2 is 2.24 bits per heavy atom. The smallest absolute Gasteiger partial charge is 0.410 e. The van der Waals surface area contributed by atoms with Gasteiger partial charge in [-0.1, -0.05) is 6.08 Å². The van der Waals surface area contributed by atoms with Gasteiger partial charge in [-0.05, 0) is 46.0 Å². The minimum Gasteiger partial charge on any atom is -0.516 e. The van der Waals surface area contributed by atoms with Crippen LogP contribution in [-0.2, 0) is 4.74 Å². The number of carbonyl (C=O) groups is 1. The second kappa shape index (κ2) is 5.94. The average molecular weight is 241 g/mol. The largest absolute Gasteiger partial charge is 0.516 e. The number of nitrogens with zero attached hydrogens (tertiary/aromatic N) is 1. The Morgan fingerprint density at radius 1 is 1.53 bits per heavy atom. The molecule has 98 valence electrons. The highest BCUT2D eigenvalue weighted by Crippen LogP contribution is 2.23. The standard InChI is InChI=1S/C13H23NO3/c1-13(2,3)17-12(16)14-8-7-11(10-14)6-4-5-9-15/h5,9,11,15H,4,6-8,10H2,1-3H3/t11-/m0/s1. The van der Waals surface area contributed by atoms with Crippen molar-refractivity contribution in [3.8, 4) is 0 Å². The van der Waals surface area contributed by atoms with Gasteiger partial charge in [0, 0.05) is 13.1 Å². The van der Waals surface area contributed by atoms with Crippen molar-refractivity contribution in [1.82, 2.24) is 4.90 Å². The molecule has 1 heterocycles. The number of hydrogen-bond donors (Lipinski definition) is 1. The van der Waals surface area contributed by atoms with Crippen LogP contribution in [0.25, 0.3) is 0 Å². The molecule has 1 fully saturated rings. The van der Waals surface area contributed by atoms with Crippen LogP contribution >= 0.6 is 0 Å². The predicted octanol–water partition coefficient (Wildman–Crippen LogP) is 3.10. The van der Waals surface area contributed by atoms with Crippen molar-refractivity contribution in [2.45, 2.75) is 45.6 Å². The van der Waals surface area contributed by atoms with Gasteiger partial charge in [-0.3, -0.25) is 0 Å². The number of amides is 1. The van der Waals surface area contributed by atoms with Crippen molar-refractivity contribution in [3.63, 3.8) is 0 Å². The maximum Gasteiger partial charge on any atom is 0.410 e. The number of aliphatic hydroxyl groups excluding tert-OH is 1. The Balaban J connectivity index is 2.32. The minimum absolute atomic E-state index is 0.210. The summed E-state index contributed by atoms with van der Waals surface area (Å²) in [6, 6.07) is 0. The summed E-state index contributed by atoms with van der Waals surface area (Å²) in [5.41, 5.74) is -0.422. The molecule has 0 aromatic carbocycles. The first-order valence-electron chi connectivity index (χ1n) is 6.19. The van der Waals surface area contributed by atoms with Crippen molar-refractivity contribution < 1.29 is 14.6 Å². The zero-order valence-corrected chi connectivity index (χ0v) is 11.0. The van der Waals surface area contributed by atoms with E-state index in [2.05, 4.69) is 0 Å². The molecule has 0 spiro atoms. The molecule has 0 aromatic rings. The Bertz CT molecular complexity index is 281. The first-order chi connectivity index (χ1) is 7.92. The molecule has 0 aromatic heterocycles. The fourth-order valence-electron chi connectivity index (χ4n) is 1.97. The van der Waals surface area contributed by atoms with Gasteiger partial charge in [-0.15, -0.1) is 0 Å². The third-order valence-electron chi connectivity index (χ3n) is 2.78. The van der Waals surface area contributed by atoms with Gasteiger partial charge in [0.15, 0.2) is 0 Å². The lowest BCUT2D eigenvalue weighted by atomic mass is 10.0. The van der Waals surface area contributed by atoms with Gasteiger partial charge < -0.3 is 14.7 Å². The molecule has 1 saturated heterocycles. The van der Waals surface area contributed by atoms with E-state index in [1.54, 1.807) is 11.0 Å². The fourth-order valence-corrected chi connectivity index (χ4v) is 1.97. The van der Waals surface area contributed by atoms with E-state index in [1.165, 1.54) is 0 Å². The van der Waals surface area contributed by atoms with Gasteiger partial charge in [0.2, 0.25) is 0 Å². The van der Waals surface area contributed by atoms with E-state index in [0.29, 0.717) is 5.92 Å². The molecule has 1 aliphatic heterocycles. The van der Waals surface area contributed by atoms with Crippen LogP contribution in [0.1, 0.15) is 40.0 Å². The van der Waals surface area contributed by atoms with Crippen molar-refractivity contribution in [2.75, 3.05) is 13.1 Å². The molecule has 1 aliphatic rings. The van der Waals surface area contributed by atoms with E-state index in [9.17, 15) is 4.79 Å². The normalized spacial score (nSPS) is 21.1. The predicted molar refractivity (Wildman–Crippen MR) is 66.9 cm³/mol. The van der Waals surface area contributed by atoms with E-state index >= 15 is 0 Å².